The first-order chi connectivity index (χ1) is 9.43. The molecule has 0 unspecified atom stereocenters. The highest BCUT2D eigenvalue weighted by Crippen LogP contribution is 2.16. The number of amides is 3. The molecule has 0 bridgehead atoms. The Morgan fingerprint density at radius 2 is 2.10 bits per heavy atom. The number of aliphatic carboxylic acids is 1. The predicted molar refractivity (Wildman–Crippen MR) is 74.3 cm³/mol. The van der Waals surface area contributed by atoms with Gasteiger partial charge in [-0.3, -0.25) is 9.59 Å². The van der Waals surface area contributed by atoms with Crippen LogP contribution in [0.5, 0.6) is 0 Å². The van der Waals surface area contributed by atoms with Crippen LogP contribution >= 0.6 is 11.3 Å². The van der Waals surface area contributed by atoms with Crippen molar-refractivity contribution in [1.29, 1.82) is 0 Å². The molecule has 7 nitrogen and oxygen atoms in total. The molecule has 3 amide bonds. The average molecular weight is 299 g/mol. The lowest BCUT2D eigenvalue weighted by molar-refractivity contribution is -0.137. The van der Waals surface area contributed by atoms with Crippen LogP contribution in [0.15, 0.2) is 11.4 Å². The first-order valence-corrected chi connectivity index (χ1v) is 6.90. The SMILES string of the molecule is CCc1ccsc1CNC(=O)N(CC(N)=O)CC(=O)O. The Bertz CT molecular complexity index is 485. The smallest absolute Gasteiger partial charge is 0.323 e. The van der Waals surface area contributed by atoms with Crippen LogP contribution in [0.3, 0.4) is 0 Å². The van der Waals surface area contributed by atoms with E-state index in [9.17, 15) is 14.4 Å². The maximum atomic E-state index is 11.9. The molecule has 1 rings (SSSR count). The van der Waals surface area contributed by atoms with Gasteiger partial charge in [-0.1, -0.05) is 6.92 Å². The summed E-state index contributed by atoms with van der Waals surface area (Å²) in [6, 6.07) is 1.35. The van der Waals surface area contributed by atoms with Gasteiger partial charge in [0.1, 0.15) is 13.1 Å². The Morgan fingerprint density at radius 1 is 1.40 bits per heavy atom. The second-order valence-corrected chi connectivity index (χ2v) is 5.10. The number of carboxylic acids is 1. The van der Waals surface area contributed by atoms with Crippen LogP contribution in [0.2, 0.25) is 0 Å². The second kappa shape index (κ2) is 7.49. The molecule has 20 heavy (non-hydrogen) atoms. The van der Waals surface area contributed by atoms with E-state index in [2.05, 4.69) is 5.32 Å². The number of nitrogens with zero attached hydrogens (tertiary/aromatic N) is 1. The van der Waals surface area contributed by atoms with E-state index in [1.807, 2.05) is 18.4 Å². The van der Waals surface area contributed by atoms with E-state index in [1.54, 1.807) is 0 Å². The predicted octanol–water partition coefficient (Wildman–Crippen LogP) is 0.392. The molecule has 1 heterocycles. The molecule has 0 aliphatic heterocycles. The Hall–Kier alpha value is -2.09. The van der Waals surface area contributed by atoms with Gasteiger partial charge in [-0.05, 0) is 23.4 Å². The van der Waals surface area contributed by atoms with Gasteiger partial charge in [0.25, 0.3) is 0 Å². The monoisotopic (exact) mass is 299 g/mol. The first kappa shape index (κ1) is 16.0. The van der Waals surface area contributed by atoms with Gasteiger partial charge in [-0.15, -0.1) is 11.3 Å². The van der Waals surface area contributed by atoms with Gasteiger partial charge < -0.3 is 21.1 Å². The number of hydrogen-bond donors (Lipinski definition) is 3. The van der Waals surface area contributed by atoms with Crippen molar-refractivity contribution in [2.75, 3.05) is 13.1 Å². The summed E-state index contributed by atoms with van der Waals surface area (Å²) in [7, 11) is 0. The lowest BCUT2D eigenvalue weighted by atomic mass is 10.2. The van der Waals surface area contributed by atoms with E-state index in [4.69, 9.17) is 10.8 Å². The molecule has 0 radical (unpaired) electrons. The lowest BCUT2D eigenvalue weighted by Gasteiger charge is -2.19. The van der Waals surface area contributed by atoms with Crippen LogP contribution in [0, 0.1) is 0 Å². The summed E-state index contributed by atoms with van der Waals surface area (Å²) in [6.45, 7) is 1.31. The number of thiophene rings is 1. The molecule has 0 saturated heterocycles. The van der Waals surface area contributed by atoms with Gasteiger partial charge in [0, 0.05) is 4.88 Å². The highest BCUT2D eigenvalue weighted by Gasteiger charge is 2.18. The van der Waals surface area contributed by atoms with Crippen LogP contribution in [0.1, 0.15) is 17.4 Å². The van der Waals surface area contributed by atoms with E-state index in [-0.39, 0.29) is 0 Å². The number of aryl methyl sites for hydroxylation is 1. The minimum Gasteiger partial charge on any atom is -0.480 e. The third kappa shape index (κ3) is 4.88. The van der Waals surface area contributed by atoms with Crippen molar-refractivity contribution >= 4 is 29.2 Å². The van der Waals surface area contributed by atoms with Gasteiger partial charge >= 0.3 is 12.0 Å². The van der Waals surface area contributed by atoms with E-state index >= 15 is 0 Å². The van der Waals surface area contributed by atoms with Crippen molar-refractivity contribution in [1.82, 2.24) is 10.2 Å². The summed E-state index contributed by atoms with van der Waals surface area (Å²) in [6.07, 6.45) is 0.856. The minimum atomic E-state index is -1.20. The number of nitrogens with one attached hydrogen (secondary N) is 1. The van der Waals surface area contributed by atoms with Crippen LogP contribution in [0.25, 0.3) is 0 Å². The van der Waals surface area contributed by atoms with Gasteiger partial charge in [0.2, 0.25) is 5.91 Å². The standard InChI is InChI=1S/C12H17N3O4S/c1-2-8-3-4-20-9(8)5-14-12(19)15(6-10(13)16)7-11(17)18/h3-4H,2,5-7H2,1H3,(H2,13,16)(H,14,19)(H,17,18). The zero-order chi connectivity index (χ0) is 15.1. The average Bonchev–Trinajstić information content (AvgIpc) is 2.81. The van der Waals surface area contributed by atoms with Gasteiger partial charge in [0.15, 0.2) is 0 Å². The summed E-state index contributed by atoms with van der Waals surface area (Å²) in [5.41, 5.74) is 6.13. The highest BCUT2D eigenvalue weighted by atomic mass is 32.1. The van der Waals surface area contributed by atoms with Crippen molar-refractivity contribution in [3.8, 4) is 0 Å². The Balaban J connectivity index is 2.61. The van der Waals surface area contributed by atoms with E-state index in [0.717, 1.165) is 21.8 Å². The third-order valence-corrected chi connectivity index (χ3v) is 3.54. The third-order valence-electron chi connectivity index (χ3n) is 2.58. The normalized spacial score (nSPS) is 10.1. The fourth-order valence-electron chi connectivity index (χ4n) is 1.66. The number of urea groups is 1. The number of nitrogens with two attached hydrogens (primary N) is 1. The lowest BCUT2D eigenvalue weighted by Crippen LogP contribution is -2.46. The number of carbonyl (C=O) groups is 3. The van der Waals surface area contributed by atoms with Crippen molar-refractivity contribution < 1.29 is 19.5 Å². The highest BCUT2D eigenvalue weighted by molar-refractivity contribution is 7.10. The largest absolute Gasteiger partial charge is 0.480 e. The quantitative estimate of drug-likeness (QED) is 0.676. The number of rotatable bonds is 7. The molecule has 0 atom stereocenters. The first-order valence-electron chi connectivity index (χ1n) is 6.02. The number of hydrogen-bond acceptors (Lipinski definition) is 4. The molecule has 0 fully saturated rings. The van der Waals surface area contributed by atoms with Crippen LogP contribution in [-0.2, 0) is 22.6 Å². The van der Waals surface area contributed by atoms with Gasteiger partial charge in [0.05, 0.1) is 6.54 Å². The summed E-state index contributed by atoms with van der Waals surface area (Å²) < 4.78 is 0. The van der Waals surface area contributed by atoms with E-state index in [1.165, 1.54) is 11.3 Å². The van der Waals surface area contributed by atoms with Gasteiger partial charge in [-0.2, -0.15) is 0 Å². The molecular formula is C12H17N3O4S. The molecule has 110 valence electrons. The maximum Gasteiger partial charge on any atom is 0.323 e. The van der Waals surface area contributed by atoms with E-state index in [0.29, 0.717) is 6.54 Å². The topological polar surface area (TPSA) is 113 Å². The van der Waals surface area contributed by atoms with Gasteiger partial charge in [-0.25, -0.2) is 4.79 Å². The van der Waals surface area contributed by atoms with Crippen molar-refractivity contribution in [3.05, 3.63) is 21.9 Å². The molecule has 1 aromatic rings. The summed E-state index contributed by atoms with van der Waals surface area (Å²) in [5.74, 6) is -1.96. The molecular weight excluding hydrogens is 282 g/mol. The van der Waals surface area contributed by atoms with Crippen LogP contribution < -0.4 is 11.1 Å². The molecule has 0 aliphatic rings. The summed E-state index contributed by atoms with van der Waals surface area (Å²) in [5, 5.41) is 13.2. The fourth-order valence-corrected chi connectivity index (χ4v) is 2.57. The molecule has 1 aromatic heterocycles. The number of carbonyl (C=O) groups excluding carboxylic acids is 2. The molecule has 0 spiro atoms. The van der Waals surface area contributed by atoms with Crippen molar-refractivity contribution in [2.24, 2.45) is 5.73 Å². The summed E-state index contributed by atoms with van der Waals surface area (Å²) in [4.78, 5) is 35.2. The summed E-state index contributed by atoms with van der Waals surface area (Å²) >= 11 is 1.51. The Kier molecular flexibility index (Phi) is 5.98. The second-order valence-electron chi connectivity index (χ2n) is 4.10. The van der Waals surface area contributed by atoms with E-state index < -0.39 is 31.0 Å². The van der Waals surface area contributed by atoms with Crippen LogP contribution in [0.4, 0.5) is 4.79 Å². The van der Waals surface area contributed by atoms with Crippen molar-refractivity contribution in [3.63, 3.8) is 0 Å². The van der Waals surface area contributed by atoms with Crippen molar-refractivity contribution in [2.45, 2.75) is 19.9 Å². The zero-order valence-corrected chi connectivity index (χ0v) is 11.9. The fraction of sp³-hybridized carbons (Fsp3) is 0.417. The maximum absolute atomic E-state index is 11.9. The molecule has 0 saturated carbocycles. The Labute approximate surface area is 120 Å². The number of carboxylic acid groups (broad SMARTS) is 1. The number of primary amides is 1. The van der Waals surface area contributed by atoms with Crippen LogP contribution in [-0.4, -0.2) is 41.0 Å². The Morgan fingerprint density at radius 3 is 2.65 bits per heavy atom. The molecule has 0 aliphatic carbocycles. The molecule has 4 N–H and O–H groups in total. The minimum absolute atomic E-state index is 0.300. The zero-order valence-electron chi connectivity index (χ0n) is 11.1. The molecule has 8 heteroatoms. The molecule has 0 aromatic carbocycles.